The second-order valence-electron chi connectivity index (χ2n) is 8.12. The van der Waals surface area contributed by atoms with Gasteiger partial charge in [0.15, 0.2) is 5.75 Å². The number of aromatic amines is 1. The molecule has 30 heavy (non-hydrogen) atoms. The summed E-state index contributed by atoms with van der Waals surface area (Å²) in [6, 6.07) is 10.7. The van der Waals surface area contributed by atoms with Crippen LogP contribution in [0.25, 0.3) is 22.0 Å². The summed E-state index contributed by atoms with van der Waals surface area (Å²) in [5.41, 5.74) is 4.05. The summed E-state index contributed by atoms with van der Waals surface area (Å²) in [6.07, 6.45) is 10.1. The van der Waals surface area contributed by atoms with Crippen LogP contribution in [0.3, 0.4) is 0 Å². The van der Waals surface area contributed by atoms with Crippen molar-refractivity contribution in [3.05, 3.63) is 54.6 Å². The lowest BCUT2D eigenvalue weighted by Gasteiger charge is -2.21. The van der Waals surface area contributed by atoms with Gasteiger partial charge in [0.1, 0.15) is 5.69 Å². The van der Waals surface area contributed by atoms with Gasteiger partial charge >= 0.3 is 0 Å². The molecule has 0 bridgehead atoms. The molecule has 2 aliphatic rings. The van der Waals surface area contributed by atoms with Gasteiger partial charge in [-0.1, -0.05) is 12.1 Å². The Balaban J connectivity index is 1.34. The van der Waals surface area contributed by atoms with E-state index >= 15 is 0 Å². The monoisotopic (exact) mass is 401 g/mol. The zero-order valence-corrected chi connectivity index (χ0v) is 16.6. The summed E-state index contributed by atoms with van der Waals surface area (Å²) in [7, 11) is 0. The summed E-state index contributed by atoms with van der Waals surface area (Å²) in [4.78, 5) is 4.78. The van der Waals surface area contributed by atoms with Crippen molar-refractivity contribution in [1.82, 2.24) is 25.0 Å². The number of ether oxygens (including phenoxy) is 2. The number of aromatic nitrogens is 5. The van der Waals surface area contributed by atoms with E-state index in [-0.39, 0.29) is 0 Å². The molecule has 4 aromatic rings. The highest BCUT2D eigenvalue weighted by atomic mass is 16.5. The fraction of sp³-hybridized carbons (Fsp3) is 0.348. The van der Waals surface area contributed by atoms with Gasteiger partial charge in [-0.05, 0) is 43.4 Å². The Hall–Kier alpha value is -3.19. The van der Waals surface area contributed by atoms with Crippen molar-refractivity contribution in [3.8, 4) is 22.8 Å². The van der Waals surface area contributed by atoms with Gasteiger partial charge in [-0.2, -0.15) is 10.2 Å². The van der Waals surface area contributed by atoms with Crippen LogP contribution in [-0.2, 0) is 4.74 Å². The molecule has 1 aliphatic heterocycles. The van der Waals surface area contributed by atoms with E-state index in [9.17, 15) is 0 Å². The average Bonchev–Trinajstić information content (AvgIpc) is 3.32. The Labute approximate surface area is 174 Å². The van der Waals surface area contributed by atoms with E-state index in [1.165, 1.54) is 12.8 Å². The molecule has 0 amide bonds. The van der Waals surface area contributed by atoms with Crippen LogP contribution in [0.2, 0.25) is 0 Å². The predicted octanol–water partition coefficient (Wildman–Crippen LogP) is 4.84. The Morgan fingerprint density at radius 2 is 1.90 bits per heavy atom. The van der Waals surface area contributed by atoms with Crippen LogP contribution in [0.5, 0.6) is 11.6 Å². The normalized spacial score (nSPS) is 17.5. The van der Waals surface area contributed by atoms with E-state index in [4.69, 9.17) is 19.6 Å². The van der Waals surface area contributed by atoms with Crippen LogP contribution in [0, 0.1) is 0 Å². The molecule has 0 spiro atoms. The summed E-state index contributed by atoms with van der Waals surface area (Å²) in [6.45, 7) is 1.57. The first-order valence-electron chi connectivity index (χ1n) is 10.6. The number of hydrogen-bond acceptors (Lipinski definition) is 5. The maximum Gasteiger partial charge on any atom is 0.219 e. The van der Waals surface area contributed by atoms with Gasteiger partial charge in [0.2, 0.25) is 5.88 Å². The fourth-order valence-electron chi connectivity index (χ4n) is 4.10. The van der Waals surface area contributed by atoms with Crippen LogP contribution >= 0.6 is 0 Å². The van der Waals surface area contributed by atoms with Gasteiger partial charge in [0, 0.05) is 42.3 Å². The van der Waals surface area contributed by atoms with E-state index < -0.39 is 0 Å². The molecule has 0 radical (unpaired) electrons. The number of benzene rings is 1. The molecule has 2 fully saturated rings. The third-order valence-electron chi connectivity index (χ3n) is 5.97. The molecule has 0 atom stereocenters. The first-order valence-corrected chi connectivity index (χ1v) is 10.6. The Kier molecular flexibility index (Phi) is 4.27. The summed E-state index contributed by atoms with van der Waals surface area (Å²) < 4.78 is 13.9. The Morgan fingerprint density at radius 1 is 1.03 bits per heavy atom. The summed E-state index contributed by atoms with van der Waals surface area (Å²) >= 11 is 0. The number of nitrogens with one attached hydrogen (secondary N) is 1. The van der Waals surface area contributed by atoms with Gasteiger partial charge in [0.25, 0.3) is 0 Å². The number of pyridine rings is 1. The highest BCUT2D eigenvalue weighted by molar-refractivity contribution is 5.84. The van der Waals surface area contributed by atoms with Crippen molar-refractivity contribution in [2.75, 3.05) is 13.2 Å². The molecular formula is C23H23N5O2. The van der Waals surface area contributed by atoms with Crippen molar-refractivity contribution in [2.24, 2.45) is 0 Å². The number of H-pyrrole nitrogens is 1. The maximum absolute atomic E-state index is 6.31. The molecule has 1 aromatic carbocycles. The summed E-state index contributed by atoms with van der Waals surface area (Å²) in [5, 5.41) is 12.9. The highest BCUT2D eigenvalue weighted by Gasteiger charge is 2.29. The lowest BCUT2D eigenvalue weighted by molar-refractivity contribution is 0.0839. The number of rotatable bonds is 5. The number of nitrogens with zero attached hydrogens (tertiary/aromatic N) is 4. The van der Waals surface area contributed by atoms with E-state index in [1.54, 1.807) is 0 Å². The molecular weight excluding hydrogens is 378 g/mol. The molecule has 4 heterocycles. The van der Waals surface area contributed by atoms with Crippen LogP contribution < -0.4 is 4.74 Å². The molecule has 1 aliphatic carbocycles. The first-order chi connectivity index (χ1) is 14.8. The third kappa shape index (κ3) is 3.35. The second-order valence-corrected chi connectivity index (χ2v) is 8.12. The van der Waals surface area contributed by atoms with Crippen LogP contribution in [0.4, 0.5) is 0 Å². The highest BCUT2D eigenvalue weighted by Crippen LogP contribution is 2.40. The van der Waals surface area contributed by atoms with Gasteiger partial charge in [-0.25, -0.2) is 4.98 Å². The molecule has 6 rings (SSSR count). The average molecular weight is 401 g/mol. The molecule has 1 N–H and O–H groups in total. The minimum atomic E-state index is 0.377. The van der Waals surface area contributed by atoms with E-state index in [0.717, 1.165) is 59.5 Å². The molecule has 1 saturated heterocycles. The van der Waals surface area contributed by atoms with Gasteiger partial charge in [-0.15, -0.1) is 0 Å². The van der Waals surface area contributed by atoms with E-state index in [0.29, 0.717) is 17.8 Å². The molecule has 3 aromatic heterocycles. The van der Waals surface area contributed by atoms with Crippen LogP contribution in [-0.4, -0.2) is 38.2 Å². The van der Waals surface area contributed by atoms with Gasteiger partial charge < -0.3 is 9.47 Å². The zero-order valence-electron chi connectivity index (χ0n) is 16.6. The van der Waals surface area contributed by atoms with Crippen molar-refractivity contribution in [2.45, 2.75) is 37.6 Å². The first kappa shape index (κ1) is 17.7. The lowest BCUT2D eigenvalue weighted by Crippen LogP contribution is -2.15. The van der Waals surface area contributed by atoms with Gasteiger partial charge in [0.05, 0.1) is 24.0 Å². The van der Waals surface area contributed by atoms with Crippen molar-refractivity contribution >= 4 is 10.9 Å². The molecule has 1 saturated carbocycles. The topological polar surface area (TPSA) is 77.8 Å². The molecule has 7 nitrogen and oxygen atoms in total. The number of hydrogen-bond donors (Lipinski definition) is 1. The fourth-order valence-corrected chi connectivity index (χ4v) is 4.10. The van der Waals surface area contributed by atoms with Crippen molar-refractivity contribution in [1.29, 1.82) is 0 Å². The number of fused-ring (bicyclic) bond motifs is 1. The van der Waals surface area contributed by atoms with E-state index in [1.807, 2.05) is 18.5 Å². The van der Waals surface area contributed by atoms with Crippen LogP contribution in [0.15, 0.2) is 48.9 Å². The summed E-state index contributed by atoms with van der Waals surface area (Å²) in [5.74, 6) is 1.80. The predicted molar refractivity (Wildman–Crippen MR) is 113 cm³/mol. The minimum Gasteiger partial charge on any atom is -0.435 e. The van der Waals surface area contributed by atoms with Crippen LogP contribution in [0.1, 0.15) is 43.3 Å². The molecule has 7 heteroatoms. The molecule has 0 unspecified atom stereocenters. The smallest absolute Gasteiger partial charge is 0.219 e. The minimum absolute atomic E-state index is 0.377. The Bertz CT molecular complexity index is 1170. The largest absolute Gasteiger partial charge is 0.435 e. The lowest BCUT2D eigenvalue weighted by atomic mass is 9.96. The van der Waals surface area contributed by atoms with Crippen molar-refractivity contribution in [3.63, 3.8) is 0 Å². The Morgan fingerprint density at radius 3 is 2.70 bits per heavy atom. The van der Waals surface area contributed by atoms with Gasteiger partial charge in [-0.3, -0.25) is 9.78 Å². The SMILES string of the molecule is c1cc2ccc(Oc3cn(C4CC4)nc3C3CCOCC3)nc2cc1-c1cn[nH]c1. The zero-order chi connectivity index (χ0) is 19.9. The van der Waals surface area contributed by atoms with Crippen molar-refractivity contribution < 1.29 is 9.47 Å². The second kappa shape index (κ2) is 7.25. The maximum atomic E-state index is 6.31. The molecule has 152 valence electrons. The van der Waals surface area contributed by atoms with E-state index in [2.05, 4.69) is 45.3 Å². The third-order valence-corrected chi connectivity index (χ3v) is 5.97. The standard InChI is InChI=1S/C23H23N5O2/c1-2-17(18-12-24-25-13-18)11-20-15(1)3-6-22(26-20)30-21-14-28(19-4-5-19)27-23(21)16-7-9-29-10-8-16/h1-3,6,11-14,16,19H,4-5,7-10H2,(H,24,25). The quantitative estimate of drug-likeness (QED) is 0.518.